The fourth-order valence-electron chi connectivity index (χ4n) is 7.92. The number of alkyl halides is 2. The highest BCUT2D eigenvalue weighted by Gasteiger charge is 2.58. The van der Waals surface area contributed by atoms with Crippen LogP contribution in [0.1, 0.15) is 43.1 Å². The Kier molecular flexibility index (Phi) is 12.0. The van der Waals surface area contributed by atoms with Crippen molar-refractivity contribution >= 4 is 11.4 Å². The second-order valence-corrected chi connectivity index (χ2v) is 15.3. The van der Waals surface area contributed by atoms with Crippen molar-refractivity contribution in [1.29, 1.82) is 0 Å². The molecule has 62 heavy (non-hydrogen) atoms. The lowest BCUT2D eigenvalue weighted by molar-refractivity contribution is -0.209. The highest BCUT2D eigenvalue weighted by Crippen LogP contribution is 2.47. The number of hydrogen-bond donors (Lipinski definition) is 1. The minimum Gasteiger partial charge on any atom is -0.377 e. The topological polar surface area (TPSA) is 119 Å². The van der Waals surface area contributed by atoms with Crippen LogP contribution in [0, 0.1) is 11.6 Å². The van der Waals surface area contributed by atoms with E-state index in [9.17, 15) is 18.7 Å². The first-order valence-electron chi connectivity index (χ1n) is 20.3. The monoisotopic (exact) mass is 847 g/mol. The smallest absolute Gasteiger partial charge is 0.350 e. The number of benzene rings is 4. The van der Waals surface area contributed by atoms with Gasteiger partial charge >= 0.3 is 11.6 Å². The molecule has 1 saturated heterocycles. The van der Waals surface area contributed by atoms with Crippen molar-refractivity contribution in [2.75, 3.05) is 36.0 Å². The zero-order valence-electron chi connectivity index (χ0n) is 34.1. The number of halogens is 4. The van der Waals surface area contributed by atoms with Crippen LogP contribution < -0.4 is 15.5 Å². The molecule has 320 valence electrons. The maximum Gasteiger partial charge on any atom is 0.350 e. The Morgan fingerprint density at radius 1 is 0.774 bits per heavy atom. The van der Waals surface area contributed by atoms with Crippen molar-refractivity contribution in [2.45, 2.75) is 57.1 Å². The summed E-state index contributed by atoms with van der Waals surface area (Å²) in [5, 5.41) is 23.6. The first-order chi connectivity index (χ1) is 29.9. The summed E-state index contributed by atoms with van der Waals surface area (Å²) in [6, 6.07) is 29.8. The van der Waals surface area contributed by atoms with E-state index in [1.807, 2.05) is 92.7 Å². The van der Waals surface area contributed by atoms with Gasteiger partial charge in [0.2, 0.25) is 0 Å². The minimum absolute atomic E-state index is 0.222. The van der Waals surface area contributed by atoms with E-state index in [4.69, 9.17) is 4.74 Å². The third-order valence-corrected chi connectivity index (χ3v) is 11.5. The Labute approximate surface area is 355 Å². The van der Waals surface area contributed by atoms with Crippen LogP contribution in [-0.4, -0.2) is 71.7 Å². The molecule has 0 bridgehead atoms. The van der Waals surface area contributed by atoms with Gasteiger partial charge in [0, 0.05) is 60.9 Å². The lowest BCUT2D eigenvalue weighted by Crippen LogP contribution is -2.48. The maximum absolute atomic E-state index is 16.2. The Balaban J connectivity index is 0.886. The lowest BCUT2D eigenvalue weighted by Gasteiger charge is -2.37. The normalized spacial score (nSPS) is 15.3. The first-order valence-corrected chi connectivity index (χ1v) is 20.3. The van der Waals surface area contributed by atoms with Crippen LogP contribution in [0.2, 0.25) is 0 Å². The summed E-state index contributed by atoms with van der Waals surface area (Å²) in [6.45, 7) is 6.56. The molecule has 1 fully saturated rings. The molecule has 1 N–H and O–H groups in total. The van der Waals surface area contributed by atoms with Gasteiger partial charge in [0.25, 0.3) is 0 Å². The predicted octanol–water partition coefficient (Wildman–Crippen LogP) is 7.53. The largest absolute Gasteiger partial charge is 0.377 e. The zero-order chi connectivity index (χ0) is 43.4. The van der Waals surface area contributed by atoms with Crippen LogP contribution in [0.4, 0.5) is 28.9 Å². The Morgan fingerprint density at radius 3 is 1.98 bits per heavy atom. The van der Waals surface area contributed by atoms with Crippen LogP contribution in [0.3, 0.4) is 0 Å². The van der Waals surface area contributed by atoms with E-state index in [-0.39, 0.29) is 17.8 Å². The standard InChI is InChI=1S/C46H45F4N9O3/c1-3-42(32(2)62-29-33-7-5-4-6-8-33)59-44(60)57(31-54-59)39-17-15-38(16-18-39)56-25-23-55(24-26-56)37-13-9-34(10-14-37)35-11-20-43(51-28-35)46(49,50)45(61,30-58-52-21-22-53-58)40-19-12-36(47)27-41(40)48/h4-22,27-28,31-32,42,61H,3,23-26,29-30H2,1-2H3. The molecule has 1 aliphatic heterocycles. The summed E-state index contributed by atoms with van der Waals surface area (Å²) in [5.41, 5.74) is 0.0430. The van der Waals surface area contributed by atoms with E-state index >= 15 is 8.78 Å². The average molecular weight is 848 g/mol. The quantitative estimate of drug-likeness (QED) is 0.105. The molecule has 0 spiro atoms. The summed E-state index contributed by atoms with van der Waals surface area (Å²) < 4.78 is 70.3. The number of hydrogen-bond acceptors (Lipinski definition) is 9. The predicted molar refractivity (Wildman–Crippen MR) is 226 cm³/mol. The fourth-order valence-corrected chi connectivity index (χ4v) is 7.92. The molecule has 3 aromatic heterocycles. The van der Waals surface area contributed by atoms with E-state index in [2.05, 4.69) is 30.1 Å². The van der Waals surface area contributed by atoms with Crippen molar-refractivity contribution in [2.24, 2.45) is 0 Å². The molecule has 7 aromatic rings. The number of aliphatic hydroxyl groups is 1. The molecule has 0 aliphatic carbocycles. The van der Waals surface area contributed by atoms with Crippen molar-refractivity contribution in [3.05, 3.63) is 173 Å². The number of pyridine rings is 1. The van der Waals surface area contributed by atoms with Gasteiger partial charge in [-0.15, -0.1) is 0 Å². The first kappa shape index (κ1) is 42.1. The molecule has 1 aliphatic rings. The van der Waals surface area contributed by atoms with Gasteiger partial charge in [-0.3, -0.25) is 4.98 Å². The van der Waals surface area contributed by atoms with E-state index in [0.29, 0.717) is 24.7 Å². The molecular formula is C46H45F4N9O3. The highest BCUT2D eigenvalue weighted by atomic mass is 19.3. The second kappa shape index (κ2) is 17.8. The maximum atomic E-state index is 16.2. The second-order valence-electron chi connectivity index (χ2n) is 15.3. The van der Waals surface area contributed by atoms with E-state index < -0.39 is 41.0 Å². The van der Waals surface area contributed by atoms with Gasteiger partial charge in [-0.05, 0) is 79.1 Å². The molecule has 0 amide bonds. The highest BCUT2D eigenvalue weighted by molar-refractivity contribution is 5.66. The molecule has 3 unspecified atom stereocenters. The van der Waals surface area contributed by atoms with Crippen LogP contribution in [-0.2, 0) is 29.4 Å². The van der Waals surface area contributed by atoms with Crippen molar-refractivity contribution in [3.63, 3.8) is 0 Å². The van der Waals surface area contributed by atoms with Gasteiger partial charge in [0.1, 0.15) is 30.2 Å². The molecule has 0 radical (unpaired) electrons. The number of rotatable bonds is 15. The van der Waals surface area contributed by atoms with Crippen molar-refractivity contribution in [3.8, 4) is 16.8 Å². The summed E-state index contributed by atoms with van der Waals surface area (Å²) in [4.78, 5) is 22.9. The lowest BCUT2D eigenvalue weighted by atomic mass is 9.84. The third-order valence-electron chi connectivity index (χ3n) is 11.5. The summed E-state index contributed by atoms with van der Waals surface area (Å²) >= 11 is 0. The Hall–Kier alpha value is -6.65. The van der Waals surface area contributed by atoms with Crippen molar-refractivity contribution < 1.29 is 27.4 Å². The summed E-state index contributed by atoms with van der Waals surface area (Å²) in [6.07, 6.45) is 5.75. The summed E-state index contributed by atoms with van der Waals surface area (Å²) in [7, 11) is 0. The number of ether oxygens (including phenoxy) is 1. The van der Waals surface area contributed by atoms with Gasteiger partial charge in [-0.1, -0.05) is 55.5 Å². The number of aromatic nitrogens is 7. The van der Waals surface area contributed by atoms with Gasteiger partial charge in [-0.2, -0.15) is 28.9 Å². The van der Waals surface area contributed by atoms with E-state index in [1.165, 1.54) is 29.3 Å². The molecule has 16 heteroatoms. The zero-order valence-corrected chi connectivity index (χ0v) is 34.1. The van der Waals surface area contributed by atoms with Crippen LogP contribution in [0.25, 0.3) is 16.8 Å². The SMILES string of the molecule is CCC(C(C)OCc1ccccc1)n1ncn(-c2ccc(N3CCN(c4ccc(-c5ccc(C(F)(F)C(O)(Cn6nccn6)c6ccc(F)cc6F)nc5)cc4)CC3)cc2)c1=O. The fraction of sp³-hybridized carbons (Fsp3) is 0.283. The Bertz CT molecular complexity index is 2620. The van der Waals surface area contributed by atoms with Crippen molar-refractivity contribution in [1.82, 2.24) is 34.3 Å². The number of nitrogens with zero attached hydrogens (tertiary/aromatic N) is 9. The summed E-state index contributed by atoms with van der Waals surface area (Å²) in [5.74, 6) is -6.47. The number of anilines is 2. The van der Waals surface area contributed by atoms with Gasteiger partial charge < -0.3 is 19.6 Å². The molecule has 0 saturated carbocycles. The third kappa shape index (κ3) is 8.47. The van der Waals surface area contributed by atoms with Gasteiger partial charge in [0.15, 0.2) is 5.60 Å². The average Bonchev–Trinajstić information content (AvgIpc) is 3.95. The molecule has 3 atom stereocenters. The minimum atomic E-state index is -4.15. The van der Waals surface area contributed by atoms with E-state index in [1.54, 1.807) is 10.9 Å². The van der Waals surface area contributed by atoms with Gasteiger partial charge in [0.05, 0.1) is 36.8 Å². The van der Waals surface area contributed by atoms with Gasteiger partial charge in [-0.25, -0.2) is 22.8 Å². The molecule has 8 rings (SSSR count). The molecule has 4 heterocycles. The molecule has 4 aromatic carbocycles. The van der Waals surface area contributed by atoms with Crippen LogP contribution in [0.5, 0.6) is 0 Å². The van der Waals surface area contributed by atoms with E-state index in [0.717, 1.165) is 77.4 Å². The van der Waals surface area contributed by atoms with Crippen LogP contribution >= 0.6 is 0 Å². The Morgan fingerprint density at radius 2 is 1.39 bits per heavy atom. The molecule has 12 nitrogen and oxygen atoms in total. The molecular weight excluding hydrogens is 803 g/mol. The van der Waals surface area contributed by atoms with Crippen LogP contribution in [0.15, 0.2) is 139 Å². The number of piperazine rings is 1.